The number of anilines is 1. The Morgan fingerprint density at radius 1 is 1.26 bits per heavy atom. The van der Waals surface area contributed by atoms with Crippen LogP contribution in [-0.4, -0.2) is 20.7 Å². The lowest BCUT2D eigenvalue weighted by Gasteiger charge is -2.07. The van der Waals surface area contributed by atoms with Crippen LogP contribution in [0.15, 0.2) is 53.3 Å². The Labute approximate surface area is 152 Å². The number of hydrogen-bond acceptors (Lipinski definition) is 4. The molecule has 1 aromatic carbocycles. The van der Waals surface area contributed by atoms with E-state index < -0.39 is 17.5 Å². The molecule has 136 valence electrons. The van der Waals surface area contributed by atoms with Gasteiger partial charge in [0.2, 0.25) is 5.91 Å². The number of aromatic nitrogens is 3. The molecular weight excluding hydrogens is 354 g/mol. The summed E-state index contributed by atoms with van der Waals surface area (Å²) in [6, 6.07) is 8.27. The van der Waals surface area contributed by atoms with Crippen molar-refractivity contribution in [1.29, 1.82) is 0 Å². The highest BCUT2D eigenvalue weighted by atomic mass is 19.1. The van der Waals surface area contributed by atoms with Gasteiger partial charge >= 0.3 is 0 Å². The van der Waals surface area contributed by atoms with E-state index in [9.17, 15) is 13.6 Å². The van der Waals surface area contributed by atoms with Crippen LogP contribution < -0.4 is 5.32 Å². The number of fused-ring (bicyclic) bond motifs is 1. The molecule has 4 rings (SSSR count). The fraction of sp³-hybridized carbons (Fsp3) is 0.105. The van der Waals surface area contributed by atoms with E-state index in [-0.39, 0.29) is 12.2 Å². The first-order valence-electron chi connectivity index (χ1n) is 8.14. The van der Waals surface area contributed by atoms with E-state index >= 15 is 0 Å². The van der Waals surface area contributed by atoms with E-state index in [1.165, 1.54) is 4.68 Å². The van der Waals surface area contributed by atoms with E-state index in [4.69, 9.17) is 4.42 Å². The molecule has 0 unspecified atom stereocenters. The second kappa shape index (κ2) is 6.64. The zero-order chi connectivity index (χ0) is 19.0. The largest absolute Gasteiger partial charge is 0.464 e. The van der Waals surface area contributed by atoms with Crippen LogP contribution >= 0.6 is 0 Å². The summed E-state index contributed by atoms with van der Waals surface area (Å²) in [4.78, 5) is 16.6. The van der Waals surface area contributed by atoms with Gasteiger partial charge in [-0.15, -0.1) is 0 Å². The highest BCUT2D eigenvalue weighted by Crippen LogP contribution is 2.30. The van der Waals surface area contributed by atoms with Crippen LogP contribution in [0.2, 0.25) is 0 Å². The zero-order valence-electron chi connectivity index (χ0n) is 14.2. The number of nitrogens with zero attached hydrogens (tertiary/aromatic N) is 3. The van der Waals surface area contributed by atoms with Crippen molar-refractivity contribution in [1.82, 2.24) is 14.8 Å². The molecule has 1 N–H and O–H groups in total. The third-order valence-corrected chi connectivity index (χ3v) is 4.09. The lowest BCUT2D eigenvalue weighted by molar-refractivity contribution is -0.116. The fourth-order valence-electron chi connectivity index (χ4n) is 2.95. The quantitative estimate of drug-likeness (QED) is 0.593. The summed E-state index contributed by atoms with van der Waals surface area (Å²) < 4.78 is 33.8. The Kier molecular flexibility index (Phi) is 4.15. The van der Waals surface area contributed by atoms with Crippen molar-refractivity contribution in [3.05, 3.63) is 66.2 Å². The number of amides is 1. The van der Waals surface area contributed by atoms with Crippen molar-refractivity contribution in [2.75, 3.05) is 5.32 Å². The highest BCUT2D eigenvalue weighted by molar-refractivity contribution is 5.95. The minimum absolute atomic E-state index is 0.200. The standard InChI is InChI=1S/C19H14F2N4O2/c1-11-18-13(16-3-2-8-27-16)6-7-22-19(18)25(24-11)10-17(26)23-15-9-12(20)4-5-14(15)21/h2-9H,10H2,1H3,(H,23,26). The Morgan fingerprint density at radius 2 is 2.11 bits per heavy atom. The second-order valence-electron chi connectivity index (χ2n) is 5.95. The monoisotopic (exact) mass is 368 g/mol. The summed E-state index contributed by atoms with van der Waals surface area (Å²) >= 11 is 0. The first kappa shape index (κ1) is 16.9. The SMILES string of the molecule is Cc1nn(CC(=O)Nc2cc(F)ccc2F)c2nccc(-c3ccco3)c12. The molecule has 0 atom stereocenters. The number of nitrogens with one attached hydrogen (secondary N) is 1. The Morgan fingerprint density at radius 3 is 2.89 bits per heavy atom. The summed E-state index contributed by atoms with van der Waals surface area (Å²) in [7, 11) is 0. The van der Waals surface area contributed by atoms with Crippen LogP contribution in [0.5, 0.6) is 0 Å². The smallest absolute Gasteiger partial charge is 0.246 e. The molecule has 6 nitrogen and oxygen atoms in total. The van der Waals surface area contributed by atoms with Crippen LogP contribution in [0.3, 0.4) is 0 Å². The lowest BCUT2D eigenvalue weighted by atomic mass is 10.1. The Bertz CT molecular complexity index is 1140. The average Bonchev–Trinajstić information content (AvgIpc) is 3.27. The van der Waals surface area contributed by atoms with Gasteiger partial charge in [0.1, 0.15) is 23.9 Å². The van der Waals surface area contributed by atoms with Crippen LogP contribution in [0.25, 0.3) is 22.4 Å². The summed E-state index contributed by atoms with van der Waals surface area (Å²) in [6.07, 6.45) is 3.17. The molecule has 0 aliphatic rings. The Hall–Kier alpha value is -3.55. The van der Waals surface area contributed by atoms with Crippen LogP contribution in [-0.2, 0) is 11.3 Å². The molecular formula is C19H14F2N4O2. The maximum absolute atomic E-state index is 13.7. The summed E-state index contributed by atoms with van der Waals surface area (Å²) in [6.45, 7) is 1.60. The minimum atomic E-state index is -0.718. The first-order valence-corrected chi connectivity index (χ1v) is 8.14. The number of carbonyl (C=O) groups excluding carboxylic acids is 1. The molecule has 0 spiro atoms. The molecule has 0 saturated carbocycles. The second-order valence-corrected chi connectivity index (χ2v) is 5.95. The van der Waals surface area contributed by atoms with Crippen molar-refractivity contribution >= 4 is 22.6 Å². The zero-order valence-corrected chi connectivity index (χ0v) is 14.2. The van der Waals surface area contributed by atoms with E-state index in [0.717, 1.165) is 29.1 Å². The van der Waals surface area contributed by atoms with Crippen molar-refractivity contribution in [3.63, 3.8) is 0 Å². The van der Waals surface area contributed by atoms with Crippen LogP contribution in [0.1, 0.15) is 5.69 Å². The molecule has 0 fully saturated rings. The van der Waals surface area contributed by atoms with Crippen molar-refractivity contribution in [2.24, 2.45) is 0 Å². The number of halogens is 2. The van der Waals surface area contributed by atoms with Gasteiger partial charge in [-0.3, -0.25) is 4.79 Å². The van der Waals surface area contributed by atoms with Gasteiger partial charge in [0.05, 0.1) is 23.0 Å². The molecule has 0 radical (unpaired) electrons. The van der Waals surface area contributed by atoms with Crippen molar-refractivity contribution < 1.29 is 18.0 Å². The number of benzene rings is 1. The number of carbonyl (C=O) groups is 1. The van der Waals surface area contributed by atoms with Gasteiger partial charge in [0, 0.05) is 17.8 Å². The molecule has 27 heavy (non-hydrogen) atoms. The van der Waals surface area contributed by atoms with Crippen molar-refractivity contribution in [3.8, 4) is 11.3 Å². The number of aryl methyl sites for hydroxylation is 1. The normalized spacial score (nSPS) is 11.1. The molecule has 0 saturated heterocycles. The molecule has 0 aliphatic heterocycles. The number of furan rings is 1. The molecule has 3 aromatic heterocycles. The van der Waals surface area contributed by atoms with Gasteiger partial charge in [0.15, 0.2) is 5.65 Å². The summed E-state index contributed by atoms with van der Waals surface area (Å²) in [5.74, 6) is -1.24. The number of hydrogen-bond donors (Lipinski definition) is 1. The number of rotatable bonds is 4. The molecule has 8 heteroatoms. The van der Waals surface area contributed by atoms with Gasteiger partial charge in [-0.05, 0) is 37.3 Å². The molecule has 0 aliphatic carbocycles. The van der Waals surface area contributed by atoms with E-state index in [2.05, 4.69) is 15.4 Å². The van der Waals surface area contributed by atoms with Gasteiger partial charge in [-0.2, -0.15) is 5.10 Å². The molecule has 1 amide bonds. The fourth-order valence-corrected chi connectivity index (χ4v) is 2.95. The van der Waals surface area contributed by atoms with Crippen LogP contribution in [0.4, 0.5) is 14.5 Å². The minimum Gasteiger partial charge on any atom is -0.464 e. The maximum atomic E-state index is 13.7. The van der Waals surface area contributed by atoms with Crippen molar-refractivity contribution in [2.45, 2.75) is 13.5 Å². The maximum Gasteiger partial charge on any atom is 0.246 e. The third kappa shape index (κ3) is 3.17. The average molecular weight is 368 g/mol. The van der Waals surface area contributed by atoms with Gasteiger partial charge < -0.3 is 9.73 Å². The van der Waals surface area contributed by atoms with E-state index in [1.54, 1.807) is 25.5 Å². The predicted molar refractivity (Wildman–Crippen MR) is 95.0 cm³/mol. The van der Waals surface area contributed by atoms with Gasteiger partial charge in [-0.25, -0.2) is 18.4 Å². The molecule has 0 bridgehead atoms. The predicted octanol–water partition coefficient (Wildman–Crippen LogP) is 3.92. The third-order valence-electron chi connectivity index (χ3n) is 4.09. The summed E-state index contributed by atoms with van der Waals surface area (Å²) in [5, 5.41) is 7.48. The van der Waals surface area contributed by atoms with Gasteiger partial charge in [0.25, 0.3) is 0 Å². The summed E-state index contributed by atoms with van der Waals surface area (Å²) in [5.41, 5.74) is 1.76. The molecule has 3 heterocycles. The topological polar surface area (TPSA) is 73.0 Å². The number of pyridine rings is 1. The van der Waals surface area contributed by atoms with Gasteiger partial charge in [-0.1, -0.05) is 0 Å². The van der Waals surface area contributed by atoms with E-state index in [1.807, 2.05) is 12.1 Å². The van der Waals surface area contributed by atoms with E-state index in [0.29, 0.717) is 17.1 Å². The van der Waals surface area contributed by atoms with Crippen LogP contribution in [0, 0.1) is 18.6 Å². The Balaban J connectivity index is 1.66. The first-order chi connectivity index (χ1) is 13.0. The molecule has 4 aromatic rings. The lowest BCUT2D eigenvalue weighted by Crippen LogP contribution is -2.20. The highest BCUT2D eigenvalue weighted by Gasteiger charge is 2.17.